The van der Waals surface area contributed by atoms with Gasteiger partial charge in [-0.3, -0.25) is 4.57 Å². The lowest BCUT2D eigenvalue weighted by atomic mass is 10.0. The van der Waals surface area contributed by atoms with Gasteiger partial charge in [0.15, 0.2) is 11.6 Å². The smallest absolute Gasteiger partial charge is 0.168 e. The standard InChI is InChI=1S/C38H27N5.3C2H6/c1-4-14-28(15-5-1)37-39-40-38(43(37)31-18-8-3-9-19-31)29-24-26-32(27-25-29)42-35-22-12-10-20-33(35)41(30-16-6-2-7-17-30)34-21-11-13-23-36(34)42;3*1-2/h1-27H;3*1-2H3. The zero-order valence-electron chi connectivity index (χ0n) is 29.3. The summed E-state index contributed by atoms with van der Waals surface area (Å²) < 4.78 is 2.13. The van der Waals surface area contributed by atoms with Crippen molar-refractivity contribution in [2.75, 3.05) is 9.80 Å². The monoisotopic (exact) mass is 643 g/mol. The van der Waals surface area contributed by atoms with Crippen LogP contribution in [0.2, 0.25) is 0 Å². The lowest BCUT2D eigenvalue weighted by Gasteiger charge is -2.40. The lowest BCUT2D eigenvalue weighted by Crippen LogP contribution is -2.23. The molecular formula is C44H45N5. The van der Waals surface area contributed by atoms with E-state index in [9.17, 15) is 0 Å². The largest absolute Gasteiger partial charge is 0.306 e. The normalized spacial score (nSPS) is 11.0. The summed E-state index contributed by atoms with van der Waals surface area (Å²) in [6, 6.07) is 56.8. The highest BCUT2D eigenvalue weighted by Gasteiger charge is 2.30. The van der Waals surface area contributed by atoms with Gasteiger partial charge in [0.25, 0.3) is 0 Å². The Kier molecular flexibility index (Phi) is 11.8. The highest BCUT2D eigenvalue weighted by molar-refractivity contribution is 6.01. The molecule has 0 unspecified atom stereocenters. The fraction of sp³-hybridized carbons (Fsp3) is 0.136. The molecule has 0 fully saturated rings. The van der Waals surface area contributed by atoms with Crippen molar-refractivity contribution in [3.8, 4) is 28.5 Å². The number of anilines is 6. The van der Waals surface area contributed by atoms with Crippen molar-refractivity contribution in [1.29, 1.82) is 0 Å². The third-order valence-corrected chi connectivity index (χ3v) is 7.83. The Labute approximate surface area is 291 Å². The summed E-state index contributed by atoms with van der Waals surface area (Å²) in [6.07, 6.45) is 0. The van der Waals surface area contributed by atoms with Crippen LogP contribution in [0.4, 0.5) is 34.1 Å². The Morgan fingerprint density at radius 3 is 1.02 bits per heavy atom. The lowest BCUT2D eigenvalue weighted by molar-refractivity contribution is 1.07. The second-order valence-corrected chi connectivity index (χ2v) is 10.4. The first-order valence-electron chi connectivity index (χ1n) is 17.4. The minimum atomic E-state index is 0.798. The van der Waals surface area contributed by atoms with Gasteiger partial charge in [-0.2, -0.15) is 0 Å². The summed E-state index contributed by atoms with van der Waals surface area (Å²) in [4.78, 5) is 4.67. The van der Waals surface area contributed by atoms with Crippen molar-refractivity contribution in [2.24, 2.45) is 0 Å². The van der Waals surface area contributed by atoms with Crippen LogP contribution in [0, 0.1) is 0 Å². The van der Waals surface area contributed by atoms with Crippen molar-refractivity contribution >= 4 is 34.1 Å². The average molecular weight is 644 g/mol. The molecule has 1 aliphatic rings. The van der Waals surface area contributed by atoms with E-state index in [1.54, 1.807) is 0 Å². The second-order valence-electron chi connectivity index (χ2n) is 10.4. The number of para-hydroxylation sites is 6. The number of rotatable bonds is 5. The molecule has 0 saturated heterocycles. The van der Waals surface area contributed by atoms with Gasteiger partial charge in [-0.25, -0.2) is 0 Å². The highest BCUT2D eigenvalue weighted by atomic mass is 15.3. The fourth-order valence-electron chi connectivity index (χ4n) is 5.90. The van der Waals surface area contributed by atoms with E-state index >= 15 is 0 Å². The first kappa shape index (κ1) is 34.4. The van der Waals surface area contributed by atoms with Crippen molar-refractivity contribution in [1.82, 2.24) is 14.8 Å². The molecule has 49 heavy (non-hydrogen) atoms. The van der Waals surface area contributed by atoms with Crippen LogP contribution < -0.4 is 9.80 Å². The van der Waals surface area contributed by atoms with E-state index in [1.165, 1.54) is 0 Å². The summed E-state index contributed by atoms with van der Waals surface area (Å²) in [5.74, 6) is 1.61. The molecule has 5 heteroatoms. The quantitative estimate of drug-likeness (QED) is 0.187. The van der Waals surface area contributed by atoms with Gasteiger partial charge in [-0.05, 0) is 72.8 Å². The molecule has 8 rings (SSSR count). The van der Waals surface area contributed by atoms with Crippen molar-refractivity contribution in [2.45, 2.75) is 41.5 Å². The molecule has 0 spiro atoms. The van der Waals surface area contributed by atoms with Crippen LogP contribution in [0.1, 0.15) is 41.5 Å². The zero-order chi connectivity index (χ0) is 34.6. The van der Waals surface area contributed by atoms with Gasteiger partial charge in [-0.1, -0.05) is 133 Å². The van der Waals surface area contributed by atoms with Crippen molar-refractivity contribution in [3.63, 3.8) is 0 Å². The van der Waals surface area contributed by atoms with Gasteiger partial charge in [0, 0.05) is 28.2 Å². The predicted molar refractivity (Wildman–Crippen MR) is 209 cm³/mol. The molecule has 2 heterocycles. The molecule has 7 aromatic rings. The molecule has 1 aromatic heterocycles. The maximum absolute atomic E-state index is 4.69. The first-order chi connectivity index (χ1) is 24.4. The summed E-state index contributed by atoms with van der Waals surface area (Å²) in [5.41, 5.74) is 9.74. The van der Waals surface area contributed by atoms with Crippen LogP contribution in [-0.2, 0) is 0 Å². The van der Waals surface area contributed by atoms with Crippen LogP contribution in [0.5, 0.6) is 0 Å². The molecular weight excluding hydrogens is 599 g/mol. The Balaban J connectivity index is 0.000000742. The van der Waals surface area contributed by atoms with E-state index in [4.69, 9.17) is 0 Å². The van der Waals surface area contributed by atoms with Gasteiger partial charge in [0.2, 0.25) is 0 Å². The molecule has 0 bridgehead atoms. The number of hydrogen-bond donors (Lipinski definition) is 0. The van der Waals surface area contributed by atoms with Crippen LogP contribution in [-0.4, -0.2) is 14.8 Å². The highest BCUT2D eigenvalue weighted by Crippen LogP contribution is 2.53. The second kappa shape index (κ2) is 16.8. The van der Waals surface area contributed by atoms with Crippen molar-refractivity contribution < 1.29 is 0 Å². The van der Waals surface area contributed by atoms with E-state index in [1.807, 2.05) is 77.9 Å². The molecule has 0 amide bonds. The molecule has 0 saturated carbocycles. The molecule has 0 atom stereocenters. The third kappa shape index (κ3) is 6.88. The first-order valence-corrected chi connectivity index (χ1v) is 17.4. The maximum Gasteiger partial charge on any atom is 0.168 e. The van der Waals surface area contributed by atoms with Crippen molar-refractivity contribution in [3.05, 3.63) is 164 Å². The number of nitrogens with zero attached hydrogens (tertiary/aromatic N) is 5. The molecule has 0 aliphatic carbocycles. The summed E-state index contributed by atoms with van der Waals surface area (Å²) >= 11 is 0. The Morgan fingerprint density at radius 1 is 0.306 bits per heavy atom. The third-order valence-electron chi connectivity index (χ3n) is 7.83. The number of aromatic nitrogens is 3. The van der Waals surface area contributed by atoms with Crippen LogP contribution in [0.3, 0.4) is 0 Å². The van der Waals surface area contributed by atoms with Crippen LogP contribution in [0.15, 0.2) is 164 Å². The predicted octanol–water partition coefficient (Wildman–Crippen LogP) is 12.9. The van der Waals surface area contributed by atoms with E-state index < -0.39 is 0 Å². The zero-order valence-corrected chi connectivity index (χ0v) is 29.3. The molecule has 1 aliphatic heterocycles. The summed E-state index contributed by atoms with van der Waals surface area (Å²) in [5, 5.41) is 9.33. The number of benzene rings is 6. The molecule has 6 aromatic carbocycles. The van der Waals surface area contributed by atoms with Gasteiger partial charge in [-0.15, -0.1) is 10.2 Å². The minimum Gasteiger partial charge on any atom is -0.306 e. The molecule has 5 nitrogen and oxygen atoms in total. The number of fused-ring (bicyclic) bond motifs is 2. The Hall–Kier alpha value is -5.94. The van der Waals surface area contributed by atoms with E-state index in [0.29, 0.717) is 0 Å². The van der Waals surface area contributed by atoms with E-state index in [2.05, 4.69) is 152 Å². The van der Waals surface area contributed by atoms with E-state index in [0.717, 1.165) is 62.6 Å². The van der Waals surface area contributed by atoms with Gasteiger partial charge >= 0.3 is 0 Å². The van der Waals surface area contributed by atoms with E-state index in [-0.39, 0.29) is 0 Å². The van der Waals surface area contributed by atoms with Gasteiger partial charge < -0.3 is 9.80 Å². The Morgan fingerprint density at radius 2 is 0.612 bits per heavy atom. The van der Waals surface area contributed by atoms with Gasteiger partial charge in [0.05, 0.1) is 22.7 Å². The van der Waals surface area contributed by atoms with Crippen LogP contribution >= 0.6 is 0 Å². The summed E-state index contributed by atoms with van der Waals surface area (Å²) in [6.45, 7) is 12.0. The topological polar surface area (TPSA) is 37.2 Å². The summed E-state index contributed by atoms with van der Waals surface area (Å²) in [7, 11) is 0. The number of hydrogen-bond acceptors (Lipinski definition) is 4. The maximum atomic E-state index is 4.69. The molecule has 0 radical (unpaired) electrons. The molecule has 246 valence electrons. The van der Waals surface area contributed by atoms with Gasteiger partial charge in [0.1, 0.15) is 0 Å². The Bertz CT molecular complexity index is 1970. The minimum absolute atomic E-state index is 0.798. The average Bonchev–Trinajstić information content (AvgIpc) is 3.66. The molecule has 0 N–H and O–H groups in total. The van der Waals surface area contributed by atoms with Crippen LogP contribution in [0.25, 0.3) is 28.5 Å². The fourth-order valence-corrected chi connectivity index (χ4v) is 5.90. The SMILES string of the molecule is CC.CC.CC.c1ccc(-c2nnc(-c3ccc(N4c5ccccc5N(c5ccccc5)c5ccccc54)cc3)n2-c2ccccc2)cc1.